The van der Waals surface area contributed by atoms with Gasteiger partial charge in [-0.25, -0.2) is 0 Å². The van der Waals surface area contributed by atoms with Crippen LogP contribution in [0.1, 0.15) is 11.1 Å². The van der Waals surface area contributed by atoms with Crippen LogP contribution in [0.4, 0.5) is 5.69 Å². The number of amides is 1. The molecule has 106 valence electrons. The van der Waals surface area contributed by atoms with Gasteiger partial charge in [-0.3, -0.25) is 4.79 Å². The lowest BCUT2D eigenvalue weighted by molar-refractivity contribution is -0.110. The number of fused-ring (bicyclic) bond motifs is 1. The van der Waals surface area contributed by atoms with Crippen molar-refractivity contribution in [1.29, 1.82) is 0 Å². The summed E-state index contributed by atoms with van der Waals surface area (Å²) >= 11 is 3.42. The molecule has 0 atom stereocenters. The van der Waals surface area contributed by atoms with Crippen LogP contribution in [-0.4, -0.2) is 13.0 Å². The number of halogens is 1. The molecule has 5 heteroatoms. The zero-order valence-corrected chi connectivity index (χ0v) is 12.9. The maximum absolute atomic E-state index is 12.2. The highest BCUT2D eigenvalue weighted by Gasteiger charge is 2.27. The average molecular weight is 345 g/mol. The van der Waals surface area contributed by atoms with Crippen LogP contribution in [0.25, 0.3) is 11.3 Å². The lowest BCUT2D eigenvalue weighted by atomic mass is 10.0. The first-order valence-corrected chi connectivity index (χ1v) is 7.15. The number of nitrogens with two attached hydrogens (primary N) is 1. The molecule has 4 nitrogen and oxygen atoms in total. The predicted octanol–water partition coefficient (Wildman–Crippen LogP) is 3.24. The van der Waals surface area contributed by atoms with E-state index in [9.17, 15) is 4.79 Å². The first-order valence-electron chi connectivity index (χ1n) is 6.35. The van der Waals surface area contributed by atoms with Gasteiger partial charge in [0.2, 0.25) is 0 Å². The Labute approximate surface area is 130 Å². The zero-order valence-electron chi connectivity index (χ0n) is 11.3. The van der Waals surface area contributed by atoms with Crippen molar-refractivity contribution in [1.82, 2.24) is 0 Å². The van der Waals surface area contributed by atoms with Crippen molar-refractivity contribution in [3.63, 3.8) is 0 Å². The molecule has 1 aliphatic heterocycles. The second kappa shape index (κ2) is 5.26. The van der Waals surface area contributed by atoms with Gasteiger partial charge in [-0.2, -0.15) is 0 Å². The summed E-state index contributed by atoms with van der Waals surface area (Å²) in [6.45, 7) is 0. The van der Waals surface area contributed by atoms with Crippen molar-refractivity contribution < 1.29 is 9.53 Å². The SMILES string of the molecule is COc1ccc(/C(N)=C2/C(=O)Nc3ccc(Br)cc32)cc1. The lowest BCUT2D eigenvalue weighted by Gasteiger charge is -2.07. The minimum atomic E-state index is -0.184. The Hall–Kier alpha value is -2.27. The van der Waals surface area contributed by atoms with Gasteiger partial charge in [-0.1, -0.05) is 15.9 Å². The molecule has 3 rings (SSSR count). The predicted molar refractivity (Wildman–Crippen MR) is 86.8 cm³/mol. The van der Waals surface area contributed by atoms with E-state index in [4.69, 9.17) is 10.5 Å². The van der Waals surface area contributed by atoms with E-state index in [1.54, 1.807) is 7.11 Å². The quantitative estimate of drug-likeness (QED) is 0.822. The third-order valence-electron chi connectivity index (χ3n) is 3.40. The molecule has 0 fully saturated rings. The number of hydrogen-bond donors (Lipinski definition) is 2. The van der Waals surface area contributed by atoms with Crippen LogP contribution in [0.2, 0.25) is 0 Å². The molecule has 0 saturated carbocycles. The molecular formula is C16H13BrN2O2. The monoisotopic (exact) mass is 344 g/mol. The largest absolute Gasteiger partial charge is 0.497 e. The highest BCUT2D eigenvalue weighted by atomic mass is 79.9. The fourth-order valence-electron chi connectivity index (χ4n) is 2.32. The smallest absolute Gasteiger partial charge is 0.258 e. The molecule has 0 aromatic heterocycles. The van der Waals surface area contributed by atoms with Gasteiger partial charge in [-0.05, 0) is 48.0 Å². The van der Waals surface area contributed by atoms with E-state index in [1.165, 1.54) is 0 Å². The van der Waals surface area contributed by atoms with Gasteiger partial charge in [0.25, 0.3) is 5.91 Å². The molecule has 21 heavy (non-hydrogen) atoms. The van der Waals surface area contributed by atoms with Gasteiger partial charge < -0.3 is 15.8 Å². The van der Waals surface area contributed by atoms with Gasteiger partial charge in [0, 0.05) is 15.7 Å². The first-order chi connectivity index (χ1) is 10.1. The normalized spacial score (nSPS) is 15.4. The van der Waals surface area contributed by atoms with Crippen LogP contribution in [0.15, 0.2) is 46.9 Å². The molecule has 0 radical (unpaired) electrons. The van der Waals surface area contributed by atoms with Gasteiger partial charge in [0.1, 0.15) is 5.75 Å². The Bertz CT molecular complexity index is 751. The number of rotatable bonds is 2. The average Bonchev–Trinajstić information content (AvgIpc) is 2.82. The Morgan fingerprint density at radius 3 is 2.57 bits per heavy atom. The lowest BCUT2D eigenvalue weighted by Crippen LogP contribution is -2.09. The molecule has 0 spiro atoms. The van der Waals surface area contributed by atoms with Crippen molar-refractivity contribution in [3.05, 3.63) is 58.1 Å². The summed E-state index contributed by atoms with van der Waals surface area (Å²) < 4.78 is 6.03. The molecule has 2 aromatic carbocycles. The summed E-state index contributed by atoms with van der Waals surface area (Å²) in [6, 6.07) is 12.9. The number of methoxy groups -OCH3 is 1. The molecule has 1 amide bonds. The maximum Gasteiger partial charge on any atom is 0.258 e. The molecule has 0 aliphatic carbocycles. The minimum absolute atomic E-state index is 0.184. The third kappa shape index (κ3) is 2.40. The number of nitrogens with one attached hydrogen (secondary N) is 1. The van der Waals surface area contributed by atoms with E-state index in [2.05, 4.69) is 21.2 Å². The van der Waals surface area contributed by atoms with Crippen molar-refractivity contribution in [2.24, 2.45) is 5.73 Å². The topological polar surface area (TPSA) is 64.3 Å². The highest BCUT2D eigenvalue weighted by molar-refractivity contribution is 9.10. The fraction of sp³-hybridized carbons (Fsp3) is 0.0625. The maximum atomic E-state index is 12.2. The molecule has 3 N–H and O–H groups in total. The van der Waals surface area contributed by atoms with Crippen LogP contribution in [-0.2, 0) is 4.79 Å². The Kier molecular flexibility index (Phi) is 3.43. The minimum Gasteiger partial charge on any atom is -0.497 e. The zero-order chi connectivity index (χ0) is 15.0. The first kappa shape index (κ1) is 13.7. The number of ether oxygens (including phenoxy) is 1. The molecule has 0 saturated heterocycles. The molecular weight excluding hydrogens is 332 g/mol. The van der Waals surface area contributed by atoms with Crippen molar-refractivity contribution >= 4 is 38.8 Å². The Balaban J connectivity index is 2.13. The van der Waals surface area contributed by atoms with E-state index in [-0.39, 0.29) is 5.91 Å². The van der Waals surface area contributed by atoms with Crippen molar-refractivity contribution in [2.45, 2.75) is 0 Å². The van der Waals surface area contributed by atoms with Gasteiger partial charge in [0.15, 0.2) is 0 Å². The Morgan fingerprint density at radius 1 is 1.19 bits per heavy atom. The summed E-state index contributed by atoms with van der Waals surface area (Å²) in [5.74, 6) is 0.562. The summed E-state index contributed by atoms with van der Waals surface area (Å²) in [4.78, 5) is 12.2. The molecule has 0 bridgehead atoms. The number of benzene rings is 2. The van der Waals surface area contributed by atoms with E-state index >= 15 is 0 Å². The summed E-state index contributed by atoms with van der Waals surface area (Å²) in [6.07, 6.45) is 0. The van der Waals surface area contributed by atoms with E-state index in [0.717, 1.165) is 27.0 Å². The van der Waals surface area contributed by atoms with Crippen LogP contribution in [0, 0.1) is 0 Å². The second-order valence-corrected chi connectivity index (χ2v) is 5.58. The van der Waals surface area contributed by atoms with Crippen LogP contribution in [0.3, 0.4) is 0 Å². The molecule has 1 heterocycles. The Morgan fingerprint density at radius 2 is 1.90 bits per heavy atom. The summed E-state index contributed by atoms with van der Waals surface area (Å²) in [5, 5.41) is 2.83. The highest BCUT2D eigenvalue weighted by Crippen LogP contribution is 2.37. The van der Waals surface area contributed by atoms with Crippen LogP contribution < -0.4 is 15.8 Å². The van der Waals surface area contributed by atoms with Crippen molar-refractivity contribution in [3.8, 4) is 5.75 Å². The standard InChI is InChI=1S/C16H13BrN2O2/c1-21-11-5-2-9(3-6-11)15(18)14-12-8-10(17)4-7-13(12)19-16(14)20/h2-8H,18H2,1H3,(H,19,20)/b15-14-. The van der Waals surface area contributed by atoms with E-state index < -0.39 is 0 Å². The van der Waals surface area contributed by atoms with Crippen LogP contribution in [0.5, 0.6) is 5.75 Å². The van der Waals surface area contributed by atoms with Crippen molar-refractivity contribution in [2.75, 3.05) is 12.4 Å². The molecule has 0 unspecified atom stereocenters. The van der Waals surface area contributed by atoms with Crippen LogP contribution >= 0.6 is 15.9 Å². The number of anilines is 1. The molecule has 1 aliphatic rings. The molecule has 2 aromatic rings. The second-order valence-electron chi connectivity index (χ2n) is 4.66. The van der Waals surface area contributed by atoms with Gasteiger partial charge >= 0.3 is 0 Å². The van der Waals surface area contributed by atoms with Gasteiger partial charge in [0.05, 0.1) is 18.4 Å². The van der Waals surface area contributed by atoms with E-state index in [1.807, 2.05) is 42.5 Å². The fourth-order valence-corrected chi connectivity index (χ4v) is 2.68. The van der Waals surface area contributed by atoms with Gasteiger partial charge in [-0.15, -0.1) is 0 Å². The van der Waals surface area contributed by atoms with E-state index in [0.29, 0.717) is 11.3 Å². The summed E-state index contributed by atoms with van der Waals surface area (Å²) in [7, 11) is 1.61. The third-order valence-corrected chi connectivity index (χ3v) is 3.89. The number of carbonyl (C=O) groups is 1. The number of carbonyl (C=O) groups excluding carboxylic acids is 1. The number of hydrogen-bond acceptors (Lipinski definition) is 3. The summed E-state index contributed by atoms with van der Waals surface area (Å²) in [5.41, 5.74) is 9.52.